The van der Waals surface area contributed by atoms with Gasteiger partial charge in [-0.15, -0.1) is 10.2 Å². The summed E-state index contributed by atoms with van der Waals surface area (Å²) < 4.78 is 5.48. The van der Waals surface area contributed by atoms with Crippen LogP contribution in [0.15, 0.2) is 16.8 Å². The Morgan fingerprint density at radius 1 is 1.29 bits per heavy atom. The molecule has 2 aromatic heterocycles. The molecule has 0 unspecified atom stereocenters. The fraction of sp³-hybridized carbons (Fsp3) is 0.500. The van der Waals surface area contributed by atoms with Crippen molar-refractivity contribution >= 4 is 5.91 Å². The molecule has 0 aromatic carbocycles. The van der Waals surface area contributed by atoms with E-state index >= 15 is 0 Å². The molecule has 1 aliphatic rings. The van der Waals surface area contributed by atoms with Gasteiger partial charge in [0.05, 0.1) is 18.4 Å². The van der Waals surface area contributed by atoms with Crippen molar-refractivity contribution in [3.05, 3.63) is 24.0 Å². The third kappa shape index (κ3) is 3.24. The van der Waals surface area contributed by atoms with Gasteiger partial charge in [0.2, 0.25) is 11.8 Å². The van der Waals surface area contributed by atoms with Crippen LogP contribution in [0.1, 0.15) is 37.3 Å². The normalized spacial score (nSPS) is 15.3. The second-order valence-corrected chi connectivity index (χ2v) is 5.24. The van der Waals surface area contributed by atoms with Gasteiger partial charge in [0, 0.05) is 12.1 Å². The number of hydrogen-bond donors (Lipinski definition) is 1. The van der Waals surface area contributed by atoms with Gasteiger partial charge in [-0.3, -0.25) is 9.78 Å². The third-order valence-electron chi connectivity index (χ3n) is 3.61. The molecule has 0 radical (unpaired) electrons. The van der Waals surface area contributed by atoms with E-state index in [4.69, 9.17) is 4.42 Å². The fourth-order valence-electron chi connectivity index (χ4n) is 2.43. The molecule has 110 valence electrons. The number of nitrogens with one attached hydrogen (secondary N) is 1. The Hall–Kier alpha value is -2.31. The molecule has 21 heavy (non-hydrogen) atoms. The van der Waals surface area contributed by atoms with Crippen LogP contribution in [0.25, 0.3) is 11.6 Å². The van der Waals surface area contributed by atoms with Crippen molar-refractivity contribution in [1.82, 2.24) is 25.5 Å². The highest BCUT2D eigenvalue weighted by Crippen LogP contribution is 2.24. The minimum Gasteiger partial charge on any atom is -0.417 e. The molecule has 0 atom stereocenters. The number of nitrogens with zero attached hydrogens (tertiary/aromatic N) is 4. The molecule has 1 N–H and O–H groups in total. The number of aryl methyl sites for hydroxylation is 1. The smallest absolute Gasteiger partial charge is 0.267 e. The second kappa shape index (κ2) is 5.99. The van der Waals surface area contributed by atoms with E-state index in [0.717, 1.165) is 31.4 Å². The summed E-state index contributed by atoms with van der Waals surface area (Å²) in [5.41, 5.74) is 1.35. The quantitative estimate of drug-likeness (QED) is 0.918. The number of amides is 1. The Morgan fingerprint density at radius 2 is 2.10 bits per heavy atom. The van der Waals surface area contributed by atoms with Gasteiger partial charge >= 0.3 is 0 Å². The van der Waals surface area contributed by atoms with E-state index in [1.807, 2.05) is 6.92 Å². The maximum Gasteiger partial charge on any atom is 0.267 e. The Kier molecular flexibility index (Phi) is 3.89. The lowest BCUT2D eigenvalue weighted by molar-refractivity contribution is -0.125. The molecule has 1 aliphatic carbocycles. The van der Waals surface area contributed by atoms with Crippen molar-refractivity contribution < 1.29 is 9.21 Å². The number of aromatic nitrogens is 4. The first kappa shape index (κ1) is 13.7. The van der Waals surface area contributed by atoms with E-state index in [-0.39, 0.29) is 18.4 Å². The summed E-state index contributed by atoms with van der Waals surface area (Å²) in [5.74, 6) is 0.893. The third-order valence-corrected chi connectivity index (χ3v) is 3.61. The molecule has 2 aromatic rings. The molecule has 3 rings (SSSR count). The van der Waals surface area contributed by atoms with Gasteiger partial charge < -0.3 is 9.73 Å². The first-order valence-electron chi connectivity index (χ1n) is 7.11. The minimum absolute atomic E-state index is 0.0716. The number of rotatable bonds is 4. The van der Waals surface area contributed by atoms with E-state index in [1.165, 1.54) is 0 Å². The van der Waals surface area contributed by atoms with Crippen LogP contribution in [0, 0.1) is 12.8 Å². The lowest BCUT2D eigenvalue weighted by Crippen LogP contribution is -2.28. The highest BCUT2D eigenvalue weighted by atomic mass is 16.4. The molecular weight excluding hydrogens is 270 g/mol. The molecule has 7 heteroatoms. The number of hydrogen-bond acceptors (Lipinski definition) is 6. The molecule has 2 heterocycles. The van der Waals surface area contributed by atoms with E-state index in [1.54, 1.807) is 12.4 Å². The first-order valence-corrected chi connectivity index (χ1v) is 7.11. The summed E-state index contributed by atoms with van der Waals surface area (Å²) in [4.78, 5) is 20.2. The first-order chi connectivity index (χ1) is 10.2. The van der Waals surface area contributed by atoms with Gasteiger partial charge in [-0.1, -0.05) is 12.8 Å². The monoisotopic (exact) mass is 287 g/mol. The van der Waals surface area contributed by atoms with Crippen molar-refractivity contribution in [3.8, 4) is 11.6 Å². The summed E-state index contributed by atoms with van der Waals surface area (Å²) in [6.45, 7) is 2.11. The predicted octanol–water partition coefficient (Wildman–Crippen LogP) is 1.64. The molecule has 1 saturated carbocycles. The van der Waals surface area contributed by atoms with Gasteiger partial charge in [-0.05, 0) is 19.8 Å². The van der Waals surface area contributed by atoms with Crippen LogP contribution in [-0.4, -0.2) is 26.1 Å². The summed E-state index contributed by atoms with van der Waals surface area (Å²) in [7, 11) is 0. The van der Waals surface area contributed by atoms with Crippen molar-refractivity contribution in [3.63, 3.8) is 0 Å². The minimum atomic E-state index is 0.0716. The van der Waals surface area contributed by atoms with Crippen LogP contribution in [0.4, 0.5) is 0 Å². The molecule has 1 fully saturated rings. The Morgan fingerprint density at radius 3 is 2.81 bits per heavy atom. The Labute approximate surface area is 122 Å². The lowest BCUT2D eigenvalue weighted by Gasteiger charge is -2.07. The average molecular weight is 287 g/mol. The number of carbonyl (C=O) groups is 1. The molecular formula is C14H17N5O2. The highest BCUT2D eigenvalue weighted by Gasteiger charge is 2.22. The van der Waals surface area contributed by atoms with Crippen LogP contribution >= 0.6 is 0 Å². The van der Waals surface area contributed by atoms with Gasteiger partial charge in [-0.2, -0.15) is 0 Å². The summed E-state index contributed by atoms with van der Waals surface area (Å²) in [6.07, 6.45) is 7.44. The van der Waals surface area contributed by atoms with E-state index in [0.29, 0.717) is 17.5 Å². The predicted molar refractivity (Wildman–Crippen MR) is 73.9 cm³/mol. The molecule has 0 aliphatic heterocycles. The van der Waals surface area contributed by atoms with Crippen molar-refractivity contribution in [2.45, 2.75) is 39.2 Å². The zero-order valence-electron chi connectivity index (χ0n) is 11.9. The van der Waals surface area contributed by atoms with E-state index in [2.05, 4.69) is 25.5 Å². The number of carbonyl (C=O) groups excluding carboxylic acids is 1. The summed E-state index contributed by atoms with van der Waals surface area (Å²) >= 11 is 0. The second-order valence-electron chi connectivity index (χ2n) is 5.24. The van der Waals surface area contributed by atoms with Crippen molar-refractivity contribution in [1.29, 1.82) is 0 Å². The standard InChI is InChI=1S/C14H17N5O2/c1-9-6-16-11(7-15-9)14-19-18-12(21-14)8-17-13(20)10-4-2-3-5-10/h6-7,10H,2-5,8H2,1H3,(H,17,20). The Bertz CT molecular complexity index is 617. The largest absolute Gasteiger partial charge is 0.417 e. The van der Waals surface area contributed by atoms with Gasteiger partial charge in [0.1, 0.15) is 5.69 Å². The van der Waals surface area contributed by atoms with Crippen molar-refractivity contribution in [2.24, 2.45) is 5.92 Å². The average Bonchev–Trinajstić information content (AvgIpc) is 3.17. The van der Waals surface area contributed by atoms with Crippen LogP contribution < -0.4 is 5.32 Å². The van der Waals surface area contributed by atoms with Gasteiger partial charge in [0.15, 0.2) is 0 Å². The topological polar surface area (TPSA) is 93.8 Å². The van der Waals surface area contributed by atoms with Crippen LogP contribution in [0.5, 0.6) is 0 Å². The van der Waals surface area contributed by atoms with Crippen molar-refractivity contribution in [2.75, 3.05) is 0 Å². The maximum atomic E-state index is 11.9. The van der Waals surface area contributed by atoms with Crippen LogP contribution in [0.2, 0.25) is 0 Å². The maximum absolute atomic E-state index is 11.9. The van der Waals surface area contributed by atoms with E-state index in [9.17, 15) is 4.79 Å². The molecule has 1 amide bonds. The molecule has 0 spiro atoms. The lowest BCUT2D eigenvalue weighted by atomic mass is 10.1. The summed E-state index contributed by atoms with van der Waals surface area (Å²) in [5, 5.41) is 10.7. The SMILES string of the molecule is Cc1cnc(-c2nnc(CNC(=O)C3CCCC3)o2)cn1. The molecule has 0 bridgehead atoms. The molecule has 7 nitrogen and oxygen atoms in total. The fourth-order valence-corrected chi connectivity index (χ4v) is 2.43. The highest BCUT2D eigenvalue weighted by molar-refractivity contribution is 5.78. The van der Waals surface area contributed by atoms with Gasteiger partial charge in [-0.25, -0.2) is 4.98 Å². The Balaban J connectivity index is 1.60. The molecule has 0 saturated heterocycles. The summed E-state index contributed by atoms with van der Waals surface area (Å²) in [6, 6.07) is 0. The van der Waals surface area contributed by atoms with Gasteiger partial charge in [0.25, 0.3) is 5.89 Å². The zero-order valence-corrected chi connectivity index (χ0v) is 11.9. The van der Waals surface area contributed by atoms with E-state index < -0.39 is 0 Å². The van der Waals surface area contributed by atoms with Crippen LogP contribution in [0.3, 0.4) is 0 Å². The zero-order chi connectivity index (χ0) is 14.7. The van der Waals surface area contributed by atoms with Crippen LogP contribution in [-0.2, 0) is 11.3 Å².